The SMILES string of the molecule is CCC1CO1.OCC(CO)(CO)CO. The number of hydrogen-bond acceptors (Lipinski definition) is 5. The number of aliphatic hydroxyl groups excluding tert-OH is 4. The smallest absolute Gasteiger partial charge is 0.0807 e. The first-order valence-corrected chi connectivity index (χ1v) is 4.73. The van der Waals surface area contributed by atoms with Crippen molar-refractivity contribution >= 4 is 0 Å². The standard InChI is InChI=1S/C5H12O4.C4H8O/c6-1-5(2-7,3-8)4-9;1-2-4-3-5-4/h6-9H,1-4H2;4H,2-3H2,1H3. The van der Waals surface area contributed by atoms with Crippen molar-refractivity contribution in [3.63, 3.8) is 0 Å². The van der Waals surface area contributed by atoms with Crippen molar-refractivity contribution in [1.82, 2.24) is 0 Å². The number of aliphatic hydroxyl groups is 4. The molecule has 0 bridgehead atoms. The van der Waals surface area contributed by atoms with Crippen LogP contribution in [0.25, 0.3) is 0 Å². The highest BCUT2D eigenvalue weighted by molar-refractivity contribution is 4.74. The Bertz CT molecular complexity index is 114. The molecule has 1 fully saturated rings. The summed E-state index contributed by atoms with van der Waals surface area (Å²) in [5.41, 5.74) is -1.11. The van der Waals surface area contributed by atoms with E-state index in [9.17, 15) is 0 Å². The molecule has 0 aromatic rings. The molecule has 86 valence electrons. The van der Waals surface area contributed by atoms with E-state index in [1.54, 1.807) is 0 Å². The summed E-state index contributed by atoms with van der Waals surface area (Å²) in [6, 6.07) is 0. The van der Waals surface area contributed by atoms with E-state index in [2.05, 4.69) is 6.92 Å². The van der Waals surface area contributed by atoms with Crippen LogP contribution < -0.4 is 0 Å². The van der Waals surface area contributed by atoms with E-state index in [0.717, 1.165) is 6.61 Å². The fraction of sp³-hybridized carbons (Fsp3) is 1.00. The number of ether oxygens (including phenoxy) is 1. The maximum Gasteiger partial charge on any atom is 0.0807 e. The molecule has 5 nitrogen and oxygen atoms in total. The highest BCUT2D eigenvalue weighted by Crippen LogP contribution is 2.12. The van der Waals surface area contributed by atoms with Crippen molar-refractivity contribution < 1.29 is 25.2 Å². The van der Waals surface area contributed by atoms with Crippen molar-refractivity contribution in [2.24, 2.45) is 5.41 Å². The monoisotopic (exact) mass is 208 g/mol. The Hall–Kier alpha value is -0.200. The third-order valence-corrected chi connectivity index (χ3v) is 2.20. The normalized spacial score (nSPS) is 19.9. The summed E-state index contributed by atoms with van der Waals surface area (Å²) in [7, 11) is 0. The first-order chi connectivity index (χ1) is 6.67. The second-order valence-corrected chi connectivity index (χ2v) is 3.50. The molecule has 14 heavy (non-hydrogen) atoms. The van der Waals surface area contributed by atoms with E-state index in [0.29, 0.717) is 6.10 Å². The molecule has 0 aromatic heterocycles. The predicted molar refractivity (Wildman–Crippen MR) is 50.8 cm³/mol. The molecular weight excluding hydrogens is 188 g/mol. The van der Waals surface area contributed by atoms with Crippen LogP contribution in [0.4, 0.5) is 0 Å². The Morgan fingerprint density at radius 3 is 1.43 bits per heavy atom. The third kappa shape index (κ3) is 4.88. The van der Waals surface area contributed by atoms with Crippen molar-refractivity contribution in [2.45, 2.75) is 19.4 Å². The van der Waals surface area contributed by atoms with Gasteiger partial charge in [-0.15, -0.1) is 0 Å². The maximum atomic E-state index is 8.50. The molecule has 1 rings (SSSR count). The lowest BCUT2D eigenvalue weighted by molar-refractivity contribution is -0.0328. The summed E-state index contributed by atoms with van der Waals surface area (Å²) in [6.07, 6.45) is 1.83. The Labute approximate surface area is 83.9 Å². The molecule has 0 spiro atoms. The minimum Gasteiger partial charge on any atom is -0.396 e. The van der Waals surface area contributed by atoms with Crippen LogP contribution in [0.5, 0.6) is 0 Å². The highest BCUT2D eigenvalue weighted by Gasteiger charge is 2.26. The molecule has 0 radical (unpaired) electrons. The van der Waals surface area contributed by atoms with Crippen molar-refractivity contribution in [3.05, 3.63) is 0 Å². The fourth-order valence-electron chi connectivity index (χ4n) is 0.604. The number of hydrogen-bond donors (Lipinski definition) is 4. The Morgan fingerprint density at radius 2 is 1.43 bits per heavy atom. The highest BCUT2D eigenvalue weighted by atomic mass is 16.6. The molecule has 5 heteroatoms. The van der Waals surface area contributed by atoms with E-state index in [4.69, 9.17) is 25.2 Å². The Balaban J connectivity index is 0.000000280. The zero-order valence-electron chi connectivity index (χ0n) is 8.52. The van der Waals surface area contributed by atoms with Crippen LogP contribution >= 0.6 is 0 Å². The Morgan fingerprint density at radius 1 is 1.07 bits per heavy atom. The van der Waals surface area contributed by atoms with Gasteiger partial charge in [0.25, 0.3) is 0 Å². The van der Waals surface area contributed by atoms with Gasteiger partial charge < -0.3 is 25.2 Å². The van der Waals surface area contributed by atoms with Crippen molar-refractivity contribution in [1.29, 1.82) is 0 Å². The quantitative estimate of drug-likeness (QED) is 0.423. The number of rotatable bonds is 5. The summed E-state index contributed by atoms with van der Waals surface area (Å²) in [6.45, 7) is 1.52. The van der Waals surface area contributed by atoms with Crippen LogP contribution in [0, 0.1) is 5.41 Å². The van der Waals surface area contributed by atoms with Gasteiger partial charge in [0.2, 0.25) is 0 Å². The van der Waals surface area contributed by atoms with E-state index in [1.165, 1.54) is 6.42 Å². The summed E-state index contributed by atoms with van der Waals surface area (Å²) in [5, 5.41) is 34.0. The third-order valence-electron chi connectivity index (χ3n) is 2.20. The maximum absolute atomic E-state index is 8.50. The van der Waals surface area contributed by atoms with E-state index >= 15 is 0 Å². The molecule has 1 unspecified atom stereocenters. The van der Waals surface area contributed by atoms with Gasteiger partial charge >= 0.3 is 0 Å². The molecule has 0 amide bonds. The topological polar surface area (TPSA) is 93.5 Å². The lowest BCUT2D eigenvalue weighted by Crippen LogP contribution is -2.37. The van der Waals surface area contributed by atoms with E-state index in [1.807, 2.05) is 0 Å². The fourth-order valence-corrected chi connectivity index (χ4v) is 0.604. The molecule has 1 aliphatic heterocycles. The van der Waals surface area contributed by atoms with Crippen LogP contribution in [0.2, 0.25) is 0 Å². The second-order valence-electron chi connectivity index (χ2n) is 3.50. The first-order valence-electron chi connectivity index (χ1n) is 4.73. The van der Waals surface area contributed by atoms with Gasteiger partial charge in [-0.2, -0.15) is 0 Å². The largest absolute Gasteiger partial charge is 0.396 e. The minimum absolute atomic E-state index is 0.406. The average Bonchev–Trinajstić information content (AvgIpc) is 3.06. The lowest BCUT2D eigenvalue weighted by Gasteiger charge is -2.23. The Kier molecular flexibility index (Phi) is 7.04. The lowest BCUT2D eigenvalue weighted by atomic mass is 9.93. The van der Waals surface area contributed by atoms with Gasteiger partial charge in [-0.05, 0) is 6.42 Å². The van der Waals surface area contributed by atoms with Crippen LogP contribution in [0.3, 0.4) is 0 Å². The molecule has 0 aliphatic carbocycles. The summed E-state index contributed by atoms with van der Waals surface area (Å²) in [4.78, 5) is 0. The molecule has 1 atom stereocenters. The molecule has 4 N–H and O–H groups in total. The van der Waals surface area contributed by atoms with Gasteiger partial charge in [-0.1, -0.05) is 6.92 Å². The van der Waals surface area contributed by atoms with Gasteiger partial charge in [0.15, 0.2) is 0 Å². The van der Waals surface area contributed by atoms with Crippen LogP contribution in [0.1, 0.15) is 13.3 Å². The zero-order chi connectivity index (χ0) is 11.0. The summed E-state index contributed by atoms with van der Waals surface area (Å²) < 4.78 is 4.86. The molecule has 1 heterocycles. The molecule has 1 saturated heterocycles. The second kappa shape index (κ2) is 7.14. The first kappa shape index (κ1) is 13.8. The predicted octanol–water partition coefficient (Wildman–Crippen LogP) is -1.26. The molecule has 0 saturated carbocycles. The van der Waals surface area contributed by atoms with Gasteiger partial charge in [-0.3, -0.25) is 0 Å². The zero-order valence-corrected chi connectivity index (χ0v) is 8.52. The van der Waals surface area contributed by atoms with Crippen LogP contribution in [-0.2, 0) is 4.74 Å². The van der Waals surface area contributed by atoms with Gasteiger partial charge in [-0.25, -0.2) is 0 Å². The van der Waals surface area contributed by atoms with Crippen molar-refractivity contribution in [2.75, 3.05) is 33.0 Å². The van der Waals surface area contributed by atoms with Gasteiger partial charge in [0.05, 0.1) is 44.6 Å². The van der Waals surface area contributed by atoms with Crippen LogP contribution in [-0.4, -0.2) is 59.6 Å². The average molecular weight is 208 g/mol. The number of epoxide rings is 1. The molecule has 0 aromatic carbocycles. The van der Waals surface area contributed by atoms with E-state index in [-0.39, 0.29) is 0 Å². The van der Waals surface area contributed by atoms with E-state index < -0.39 is 31.8 Å². The van der Waals surface area contributed by atoms with Crippen LogP contribution in [0.15, 0.2) is 0 Å². The summed E-state index contributed by atoms with van der Waals surface area (Å²) >= 11 is 0. The molecule has 1 aliphatic rings. The summed E-state index contributed by atoms with van der Waals surface area (Å²) in [5.74, 6) is 0. The van der Waals surface area contributed by atoms with Gasteiger partial charge in [0, 0.05) is 0 Å². The van der Waals surface area contributed by atoms with Gasteiger partial charge in [0.1, 0.15) is 0 Å². The minimum atomic E-state index is -1.11. The molecular formula is C9H20O5. The van der Waals surface area contributed by atoms with Crippen molar-refractivity contribution in [3.8, 4) is 0 Å².